The Morgan fingerprint density at radius 2 is 1.62 bits per heavy atom. The quantitative estimate of drug-likeness (QED) is 0.569. The Bertz CT molecular complexity index is 1310. The van der Waals surface area contributed by atoms with E-state index < -0.39 is 21.7 Å². The first kappa shape index (κ1) is 24.7. The number of benzene rings is 1. The first-order valence-electron chi connectivity index (χ1n) is 12.7. The van der Waals surface area contributed by atoms with Gasteiger partial charge in [-0.25, -0.2) is 13.2 Å². The van der Waals surface area contributed by atoms with Crippen LogP contribution in [0.3, 0.4) is 0 Å². The standard InChI is InChI=1S/C27H30F3N3O3S/c1-37(35,36)22-4-2-3-18(8-22)7-19-9-25(10-19)14-32(15-25)24(34)33-16-26(17-33)11-21(12-26)20-5-6-23(31-13-20)27(28,29)30/h2-6,8,13,19,21H,7,9-12,14-17H2,1H3. The van der Waals surface area contributed by atoms with E-state index >= 15 is 0 Å². The largest absolute Gasteiger partial charge is 0.433 e. The van der Waals surface area contributed by atoms with Crippen molar-refractivity contribution in [3.63, 3.8) is 0 Å². The van der Waals surface area contributed by atoms with E-state index in [9.17, 15) is 26.4 Å². The number of aromatic nitrogens is 1. The zero-order chi connectivity index (χ0) is 26.2. The Morgan fingerprint density at radius 3 is 2.16 bits per heavy atom. The second-order valence-corrected chi connectivity index (χ2v) is 14.0. The molecule has 198 valence electrons. The second-order valence-electron chi connectivity index (χ2n) is 12.0. The summed E-state index contributed by atoms with van der Waals surface area (Å²) in [7, 11) is -3.21. The Morgan fingerprint density at radius 1 is 1.00 bits per heavy atom. The highest BCUT2D eigenvalue weighted by Crippen LogP contribution is 2.57. The van der Waals surface area contributed by atoms with Crippen LogP contribution in [0.25, 0.3) is 0 Å². The molecule has 2 aliphatic carbocycles. The van der Waals surface area contributed by atoms with Crippen LogP contribution in [0.4, 0.5) is 18.0 Å². The van der Waals surface area contributed by atoms with Gasteiger partial charge in [-0.3, -0.25) is 4.98 Å². The van der Waals surface area contributed by atoms with Crippen molar-refractivity contribution in [2.75, 3.05) is 32.4 Å². The zero-order valence-electron chi connectivity index (χ0n) is 20.7. The molecule has 2 aliphatic heterocycles. The number of pyridine rings is 1. The van der Waals surface area contributed by atoms with E-state index in [-0.39, 0.29) is 22.8 Å². The summed E-state index contributed by atoms with van der Waals surface area (Å²) in [5.41, 5.74) is 1.35. The molecule has 1 aromatic heterocycles. The topological polar surface area (TPSA) is 70.6 Å². The molecule has 2 spiro atoms. The fourth-order valence-electron chi connectivity index (χ4n) is 7.10. The fraction of sp³-hybridized carbons (Fsp3) is 0.556. The molecule has 2 saturated heterocycles. The molecule has 0 radical (unpaired) electrons. The lowest BCUT2D eigenvalue weighted by Crippen LogP contribution is -2.70. The molecule has 2 amide bonds. The Kier molecular flexibility index (Phi) is 5.47. The van der Waals surface area contributed by atoms with Gasteiger partial charge in [-0.15, -0.1) is 0 Å². The third-order valence-electron chi connectivity index (χ3n) is 8.85. The van der Waals surface area contributed by atoms with Crippen LogP contribution in [0.1, 0.15) is 48.4 Å². The van der Waals surface area contributed by atoms with E-state index in [0.717, 1.165) is 75.5 Å². The van der Waals surface area contributed by atoms with Gasteiger partial charge >= 0.3 is 12.2 Å². The molecule has 0 N–H and O–H groups in total. The van der Waals surface area contributed by atoms with Crippen LogP contribution in [-0.2, 0) is 22.4 Å². The molecule has 10 heteroatoms. The summed E-state index contributed by atoms with van der Waals surface area (Å²) >= 11 is 0. The average molecular weight is 534 g/mol. The summed E-state index contributed by atoms with van der Waals surface area (Å²) in [4.78, 5) is 20.7. The summed E-state index contributed by atoms with van der Waals surface area (Å²) < 4.78 is 61.8. The van der Waals surface area contributed by atoms with E-state index in [4.69, 9.17) is 0 Å². The lowest BCUT2D eigenvalue weighted by atomic mass is 9.55. The number of carbonyl (C=O) groups is 1. The van der Waals surface area contributed by atoms with Gasteiger partial charge < -0.3 is 9.80 Å². The van der Waals surface area contributed by atoms with Crippen LogP contribution in [0.2, 0.25) is 0 Å². The molecule has 6 nitrogen and oxygen atoms in total. The normalized spacial score (nSPS) is 22.8. The number of alkyl halides is 3. The lowest BCUT2D eigenvalue weighted by molar-refractivity contribution is -0.141. The first-order chi connectivity index (χ1) is 17.3. The van der Waals surface area contributed by atoms with E-state index in [1.54, 1.807) is 18.2 Å². The van der Waals surface area contributed by atoms with Gasteiger partial charge in [-0.1, -0.05) is 18.2 Å². The summed E-state index contributed by atoms with van der Waals surface area (Å²) in [6.45, 7) is 3.02. The number of rotatable bonds is 4. The van der Waals surface area contributed by atoms with Gasteiger partial charge in [0, 0.05) is 49.5 Å². The molecular weight excluding hydrogens is 503 g/mol. The number of hydrogen-bond acceptors (Lipinski definition) is 4. The van der Waals surface area contributed by atoms with Gasteiger partial charge in [-0.05, 0) is 73.3 Å². The van der Waals surface area contributed by atoms with Crippen molar-refractivity contribution < 1.29 is 26.4 Å². The first-order valence-corrected chi connectivity index (χ1v) is 14.6. The molecule has 0 atom stereocenters. The Labute approximate surface area is 214 Å². The second kappa shape index (κ2) is 8.19. The molecule has 0 bridgehead atoms. The number of urea groups is 1. The van der Waals surface area contributed by atoms with Crippen LogP contribution in [-0.4, -0.2) is 61.7 Å². The molecule has 0 unspecified atom stereocenters. The minimum absolute atomic E-state index is 0.0974. The van der Waals surface area contributed by atoms with E-state index in [0.29, 0.717) is 10.8 Å². The van der Waals surface area contributed by atoms with Crippen molar-refractivity contribution in [1.82, 2.24) is 14.8 Å². The zero-order valence-corrected chi connectivity index (χ0v) is 21.5. The molecule has 37 heavy (non-hydrogen) atoms. The molecule has 4 aliphatic rings. The van der Waals surface area contributed by atoms with Gasteiger partial charge in [0.2, 0.25) is 0 Å². The van der Waals surface area contributed by atoms with Gasteiger partial charge in [0.1, 0.15) is 5.69 Å². The monoisotopic (exact) mass is 533 g/mol. The SMILES string of the molecule is CS(=O)(=O)c1cccc(CC2CC3(C2)CN(C(=O)N2CC4(CC(c5ccc(C(F)(F)F)nc5)C4)C2)C3)c1. The maximum absolute atomic E-state index is 12.9. The minimum Gasteiger partial charge on any atom is -0.323 e. The van der Waals surface area contributed by atoms with Crippen molar-refractivity contribution >= 4 is 15.9 Å². The molecular formula is C27H30F3N3O3S. The Balaban J connectivity index is 0.934. The molecule has 2 aromatic rings. The maximum Gasteiger partial charge on any atom is 0.433 e. The highest BCUT2D eigenvalue weighted by Gasteiger charge is 2.58. The van der Waals surface area contributed by atoms with Crippen LogP contribution in [0, 0.1) is 16.7 Å². The number of hydrogen-bond donors (Lipinski definition) is 0. The minimum atomic E-state index is -4.42. The van der Waals surface area contributed by atoms with E-state index in [1.807, 2.05) is 15.9 Å². The molecule has 2 saturated carbocycles. The Hall–Kier alpha value is -2.62. The summed E-state index contributed by atoms with van der Waals surface area (Å²) in [6.07, 6.45) is 2.91. The predicted molar refractivity (Wildman–Crippen MR) is 131 cm³/mol. The van der Waals surface area contributed by atoms with Crippen LogP contribution in [0.5, 0.6) is 0 Å². The third-order valence-corrected chi connectivity index (χ3v) is 9.96. The highest BCUT2D eigenvalue weighted by atomic mass is 32.2. The van der Waals surface area contributed by atoms with Crippen LogP contribution >= 0.6 is 0 Å². The number of halogens is 3. The van der Waals surface area contributed by atoms with Crippen LogP contribution in [0.15, 0.2) is 47.5 Å². The van der Waals surface area contributed by atoms with Crippen molar-refractivity contribution in [1.29, 1.82) is 0 Å². The van der Waals surface area contributed by atoms with E-state index in [2.05, 4.69) is 4.98 Å². The van der Waals surface area contributed by atoms with Crippen molar-refractivity contribution in [3.05, 3.63) is 59.4 Å². The fourth-order valence-corrected chi connectivity index (χ4v) is 7.79. The molecule has 3 heterocycles. The third kappa shape index (κ3) is 4.51. The average Bonchev–Trinajstić information content (AvgIpc) is 2.71. The van der Waals surface area contributed by atoms with Gasteiger partial charge in [0.25, 0.3) is 0 Å². The summed E-state index contributed by atoms with van der Waals surface area (Å²) in [6, 6.07) is 9.86. The number of nitrogens with zero attached hydrogens (tertiary/aromatic N) is 3. The van der Waals surface area contributed by atoms with Gasteiger partial charge in [-0.2, -0.15) is 13.2 Å². The number of carbonyl (C=O) groups excluding carboxylic acids is 1. The molecule has 1 aromatic carbocycles. The summed E-state index contributed by atoms with van der Waals surface area (Å²) in [5.74, 6) is 0.732. The smallest absolute Gasteiger partial charge is 0.323 e. The molecule has 4 fully saturated rings. The van der Waals surface area contributed by atoms with Crippen molar-refractivity contribution in [3.8, 4) is 0 Å². The number of likely N-dealkylation sites (tertiary alicyclic amines) is 2. The van der Waals surface area contributed by atoms with E-state index in [1.165, 1.54) is 18.5 Å². The number of amides is 2. The van der Waals surface area contributed by atoms with Crippen molar-refractivity contribution in [2.24, 2.45) is 16.7 Å². The summed E-state index contributed by atoms with van der Waals surface area (Å²) in [5, 5.41) is 0. The lowest BCUT2D eigenvalue weighted by Gasteiger charge is -2.63. The maximum atomic E-state index is 12.9. The van der Waals surface area contributed by atoms with Gasteiger partial charge in [0.05, 0.1) is 4.90 Å². The van der Waals surface area contributed by atoms with Crippen LogP contribution < -0.4 is 0 Å². The number of sulfone groups is 1. The highest BCUT2D eigenvalue weighted by molar-refractivity contribution is 7.90. The molecule has 6 rings (SSSR count). The van der Waals surface area contributed by atoms with Crippen molar-refractivity contribution in [2.45, 2.75) is 49.1 Å². The van der Waals surface area contributed by atoms with Gasteiger partial charge in [0.15, 0.2) is 9.84 Å². The predicted octanol–water partition coefficient (Wildman–Crippen LogP) is 4.76.